The molecule has 7 nitrogen and oxygen atoms in total. The van der Waals surface area contributed by atoms with Crippen LogP contribution >= 0.6 is 11.6 Å². The Labute approximate surface area is 157 Å². The van der Waals surface area contributed by atoms with E-state index < -0.39 is 11.9 Å². The lowest BCUT2D eigenvalue weighted by atomic mass is 9.91. The highest BCUT2D eigenvalue weighted by atomic mass is 35.5. The second-order valence-electron chi connectivity index (χ2n) is 6.97. The van der Waals surface area contributed by atoms with Crippen molar-refractivity contribution in [3.05, 3.63) is 23.2 Å². The van der Waals surface area contributed by atoms with Gasteiger partial charge in [-0.3, -0.25) is 4.79 Å². The molecule has 0 aliphatic carbocycles. The fraction of sp³-hybridized carbons (Fsp3) is 0.556. The molecule has 0 spiro atoms. The molecule has 2 saturated heterocycles. The number of halogens is 1. The molecule has 2 aliphatic rings. The summed E-state index contributed by atoms with van der Waals surface area (Å²) in [5.41, 5.74) is 1.53. The van der Waals surface area contributed by atoms with E-state index in [0.29, 0.717) is 36.9 Å². The third-order valence-electron chi connectivity index (χ3n) is 4.85. The fourth-order valence-corrected chi connectivity index (χ4v) is 3.75. The summed E-state index contributed by atoms with van der Waals surface area (Å²) in [6, 6.07) is 5.12. The van der Waals surface area contributed by atoms with Gasteiger partial charge in [-0.15, -0.1) is 0 Å². The average molecular weight is 382 g/mol. The molecule has 26 heavy (non-hydrogen) atoms. The van der Waals surface area contributed by atoms with E-state index in [9.17, 15) is 14.7 Å². The molecule has 2 unspecified atom stereocenters. The number of rotatable bonds is 3. The number of anilines is 2. The molecule has 1 aromatic carbocycles. The number of ether oxygens (including phenoxy) is 1. The molecular formula is C18H24ClN3O4. The largest absolute Gasteiger partial charge is 0.481 e. The number of hydrogen-bond acceptors (Lipinski definition) is 4. The Bertz CT molecular complexity index is 678. The number of urea groups is 1. The second kappa shape index (κ2) is 8.14. The van der Waals surface area contributed by atoms with Crippen molar-refractivity contribution < 1.29 is 19.4 Å². The number of piperidine rings is 1. The molecule has 2 amide bonds. The summed E-state index contributed by atoms with van der Waals surface area (Å²) in [5.74, 6) is -1.23. The normalized spacial score (nSPS) is 23.6. The van der Waals surface area contributed by atoms with Gasteiger partial charge in [0, 0.05) is 31.2 Å². The van der Waals surface area contributed by atoms with Crippen LogP contribution in [0.15, 0.2) is 18.2 Å². The number of amides is 2. The molecule has 3 rings (SSSR count). The van der Waals surface area contributed by atoms with Crippen LogP contribution in [0.5, 0.6) is 0 Å². The summed E-state index contributed by atoms with van der Waals surface area (Å²) in [6.07, 6.45) is 0.593. The Morgan fingerprint density at radius 2 is 2.00 bits per heavy atom. The Kier molecular flexibility index (Phi) is 5.88. The van der Waals surface area contributed by atoms with Gasteiger partial charge in [0.15, 0.2) is 0 Å². The van der Waals surface area contributed by atoms with E-state index in [4.69, 9.17) is 16.3 Å². The van der Waals surface area contributed by atoms with E-state index in [1.165, 1.54) is 0 Å². The zero-order chi connectivity index (χ0) is 18.7. The molecule has 2 fully saturated rings. The van der Waals surface area contributed by atoms with Gasteiger partial charge in [-0.05, 0) is 30.5 Å². The van der Waals surface area contributed by atoms with E-state index in [2.05, 4.69) is 10.2 Å². The lowest BCUT2D eigenvalue weighted by molar-refractivity contribution is -0.143. The summed E-state index contributed by atoms with van der Waals surface area (Å²) in [6.45, 7) is 5.49. The summed E-state index contributed by atoms with van der Waals surface area (Å²) in [4.78, 5) is 27.8. The first-order chi connectivity index (χ1) is 12.4. The van der Waals surface area contributed by atoms with E-state index in [-0.39, 0.29) is 18.5 Å². The quantitative estimate of drug-likeness (QED) is 0.841. The molecule has 0 aromatic heterocycles. The highest BCUT2D eigenvalue weighted by Crippen LogP contribution is 2.31. The van der Waals surface area contributed by atoms with Crippen LogP contribution in [-0.2, 0) is 9.53 Å². The van der Waals surface area contributed by atoms with Crippen LogP contribution in [0.2, 0.25) is 5.02 Å². The van der Waals surface area contributed by atoms with Gasteiger partial charge in [-0.2, -0.15) is 0 Å². The van der Waals surface area contributed by atoms with Crippen LogP contribution in [0.3, 0.4) is 0 Å². The number of hydrogen-bond donors (Lipinski definition) is 2. The molecule has 0 bridgehead atoms. The van der Waals surface area contributed by atoms with Crippen molar-refractivity contribution in [3.63, 3.8) is 0 Å². The first-order valence-corrected chi connectivity index (χ1v) is 9.23. The standard InChI is InChI=1S/C18H24ClN3O4/c1-12-8-13(17(23)24)11-22(10-12)18(25)20-15-9-14(19)2-3-16(15)21-4-6-26-7-5-21/h2-3,9,12-13H,4-8,10-11H2,1H3,(H,20,25)(H,23,24). The lowest BCUT2D eigenvalue weighted by Crippen LogP contribution is -2.47. The molecule has 0 radical (unpaired) electrons. The van der Waals surface area contributed by atoms with Crippen LogP contribution in [0.1, 0.15) is 13.3 Å². The van der Waals surface area contributed by atoms with Gasteiger partial charge in [-0.1, -0.05) is 18.5 Å². The summed E-state index contributed by atoms with van der Waals surface area (Å²) < 4.78 is 5.39. The zero-order valence-electron chi connectivity index (χ0n) is 14.8. The minimum atomic E-state index is -0.855. The lowest BCUT2D eigenvalue weighted by Gasteiger charge is -2.35. The number of carboxylic acid groups (broad SMARTS) is 1. The molecule has 2 aliphatic heterocycles. The van der Waals surface area contributed by atoms with E-state index >= 15 is 0 Å². The number of benzene rings is 1. The smallest absolute Gasteiger partial charge is 0.321 e. The number of nitrogens with one attached hydrogen (secondary N) is 1. The van der Waals surface area contributed by atoms with Crippen molar-refractivity contribution in [3.8, 4) is 0 Å². The maximum absolute atomic E-state index is 12.8. The molecule has 8 heteroatoms. The predicted octanol–water partition coefficient (Wildman–Crippen LogP) is 2.75. The number of carbonyl (C=O) groups is 2. The van der Waals surface area contributed by atoms with Crippen molar-refractivity contribution >= 4 is 35.0 Å². The molecular weight excluding hydrogens is 358 g/mol. The Morgan fingerprint density at radius 1 is 1.27 bits per heavy atom. The number of likely N-dealkylation sites (tertiary alicyclic amines) is 1. The van der Waals surface area contributed by atoms with Crippen molar-refractivity contribution in [1.82, 2.24) is 4.90 Å². The van der Waals surface area contributed by atoms with Gasteiger partial charge in [0.05, 0.1) is 30.5 Å². The zero-order valence-corrected chi connectivity index (χ0v) is 15.5. The third-order valence-corrected chi connectivity index (χ3v) is 5.08. The Balaban J connectivity index is 1.76. The number of carbonyl (C=O) groups excluding carboxylic acids is 1. The fourth-order valence-electron chi connectivity index (χ4n) is 3.58. The van der Waals surface area contributed by atoms with Crippen molar-refractivity contribution in [2.75, 3.05) is 49.6 Å². The monoisotopic (exact) mass is 381 g/mol. The van der Waals surface area contributed by atoms with Crippen LogP contribution in [0, 0.1) is 11.8 Å². The molecule has 0 saturated carbocycles. The molecule has 1 aromatic rings. The van der Waals surface area contributed by atoms with Gasteiger partial charge in [-0.25, -0.2) is 4.79 Å². The van der Waals surface area contributed by atoms with Gasteiger partial charge in [0.25, 0.3) is 0 Å². The summed E-state index contributed by atoms with van der Waals surface area (Å²) >= 11 is 6.13. The minimum Gasteiger partial charge on any atom is -0.481 e. The van der Waals surface area contributed by atoms with Gasteiger partial charge in [0.2, 0.25) is 0 Å². The van der Waals surface area contributed by atoms with E-state index in [0.717, 1.165) is 18.8 Å². The summed E-state index contributed by atoms with van der Waals surface area (Å²) in [7, 11) is 0. The second-order valence-corrected chi connectivity index (χ2v) is 7.41. The molecule has 2 atom stereocenters. The van der Waals surface area contributed by atoms with Crippen LogP contribution in [0.25, 0.3) is 0 Å². The van der Waals surface area contributed by atoms with Crippen LogP contribution in [-0.4, -0.2) is 61.4 Å². The topological polar surface area (TPSA) is 82.1 Å². The van der Waals surface area contributed by atoms with Crippen molar-refractivity contribution in [2.24, 2.45) is 11.8 Å². The van der Waals surface area contributed by atoms with Gasteiger partial charge < -0.3 is 25.0 Å². The van der Waals surface area contributed by atoms with Crippen LogP contribution in [0.4, 0.5) is 16.2 Å². The highest BCUT2D eigenvalue weighted by molar-refractivity contribution is 6.31. The van der Waals surface area contributed by atoms with Gasteiger partial charge >= 0.3 is 12.0 Å². The molecule has 142 valence electrons. The number of morpholine rings is 1. The SMILES string of the molecule is CC1CC(C(=O)O)CN(C(=O)Nc2cc(Cl)ccc2N2CCOCC2)C1. The first-order valence-electron chi connectivity index (χ1n) is 8.85. The minimum absolute atomic E-state index is 0.147. The van der Waals surface area contributed by atoms with Crippen molar-refractivity contribution in [1.29, 1.82) is 0 Å². The van der Waals surface area contributed by atoms with Crippen LogP contribution < -0.4 is 10.2 Å². The maximum Gasteiger partial charge on any atom is 0.321 e. The summed E-state index contributed by atoms with van der Waals surface area (Å²) in [5, 5.41) is 12.8. The third kappa shape index (κ3) is 4.40. The van der Waals surface area contributed by atoms with Gasteiger partial charge in [0.1, 0.15) is 0 Å². The maximum atomic E-state index is 12.8. The molecule has 2 heterocycles. The van der Waals surface area contributed by atoms with E-state index in [1.54, 1.807) is 17.0 Å². The number of aliphatic carboxylic acids is 1. The Hall–Kier alpha value is -1.99. The number of nitrogens with zero attached hydrogens (tertiary/aromatic N) is 2. The first kappa shape index (κ1) is 18.8. The average Bonchev–Trinajstić information content (AvgIpc) is 2.62. The number of carboxylic acids is 1. The van der Waals surface area contributed by atoms with Crippen molar-refractivity contribution in [2.45, 2.75) is 13.3 Å². The predicted molar refractivity (Wildman–Crippen MR) is 100.0 cm³/mol. The van der Waals surface area contributed by atoms with E-state index in [1.807, 2.05) is 13.0 Å². The molecule has 2 N–H and O–H groups in total. The Morgan fingerprint density at radius 3 is 2.69 bits per heavy atom. The highest BCUT2D eigenvalue weighted by Gasteiger charge is 2.32.